The molecule has 0 saturated carbocycles. The first-order valence-electron chi connectivity index (χ1n) is 11.0. The highest BCUT2D eigenvalue weighted by molar-refractivity contribution is 6.39. The van der Waals surface area contributed by atoms with E-state index in [1.807, 2.05) is 52.0 Å². The minimum Gasteiger partial charge on any atom is -0.483 e. The van der Waals surface area contributed by atoms with E-state index in [9.17, 15) is 14.4 Å². The lowest BCUT2D eigenvalue weighted by Gasteiger charge is -2.11. The fourth-order valence-electron chi connectivity index (χ4n) is 3.38. The van der Waals surface area contributed by atoms with Gasteiger partial charge >= 0.3 is 11.8 Å². The van der Waals surface area contributed by atoms with Crippen LogP contribution in [0.3, 0.4) is 0 Å². The number of para-hydroxylation sites is 1. The third-order valence-electron chi connectivity index (χ3n) is 5.21. The van der Waals surface area contributed by atoms with Crippen molar-refractivity contribution in [1.82, 2.24) is 5.43 Å². The molecule has 0 aliphatic carbocycles. The van der Waals surface area contributed by atoms with Crippen LogP contribution in [0.1, 0.15) is 27.8 Å². The molecule has 0 aliphatic rings. The quantitative estimate of drug-likeness (QED) is 0.274. The van der Waals surface area contributed by atoms with Crippen LogP contribution in [0.5, 0.6) is 5.75 Å². The molecule has 0 radical (unpaired) electrons. The second-order valence-electron chi connectivity index (χ2n) is 8.15. The van der Waals surface area contributed by atoms with Crippen LogP contribution in [0, 0.1) is 27.7 Å². The summed E-state index contributed by atoms with van der Waals surface area (Å²) in [6.07, 6.45) is 1.35. The van der Waals surface area contributed by atoms with Crippen molar-refractivity contribution in [3.05, 3.63) is 88.5 Å². The molecule has 8 nitrogen and oxygen atoms in total. The van der Waals surface area contributed by atoms with Crippen molar-refractivity contribution in [2.75, 3.05) is 17.2 Å². The molecule has 0 saturated heterocycles. The SMILES string of the molecule is Cc1cc(C)cc(NC(=O)COc2ccccc2/C=N\NC(=O)C(=O)Nc2cccc(C)c2C)c1. The molecule has 0 fully saturated rings. The van der Waals surface area contributed by atoms with Gasteiger partial charge in [-0.2, -0.15) is 5.10 Å². The van der Waals surface area contributed by atoms with Crippen LogP contribution >= 0.6 is 0 Å². The van der Waals surface area contributed by atoms with E-state index in [2.05, 4.69) is 21.2 Å². The average molecular weight is 473 g/mol. The summed E-state index contributed by atoms with van der Waals surface area (Å²) in [6, 6.07) is 18.1. The van der Waals surface area contributed by atoms with E-state index in [4.69, 9.17) is 4.74 Å². The first-order valence-corrected chi connectivity index (χ1v) is 11.0. The zero-order valence-corrected chi connectivity index (χ0v) is 20.1. The van der Waals surface area contributed by atoms with Crippen LogP contribution in [-0.2, 0) is 14.4 Å². The lowest BCUT2D eigenvalue weighted by molar-refractivity contribution is -0.136. The van der Waals surface area contributed by atoms with Crippen LogP contribution in [-0.4, -0.2) is 30.5 Å². The molecule has 8 heteroatoms. The van der Waals surface area contributed by atoms with Crippen molar-refractivity contribution in [3.63, 3.8) is 0 Å². The third-order valence-corrected chi connectivity index (χ3v) is 5.21. The Balaban J connectivity index is 1.55. The van der Waals surface area contributed by atoms with Crippen LogP contribution in [0.25, 0.3) is 0 Å². The molecular formula is C27H28N4O4. The highest BCUT2D eigenvalue weighted by Gasteiger charge is 2.14. The smallest absolute Gasteiger partial charge is 0.329 e. The van der Waals surface area contributed by atoms with Crippen LogP contribution in [0.4, 0.5) is 11.4 Å². The summed E-state index contributed by atoms with van der Waals surface area (Å²) in [7, 11) is 0. The number of nitrogens with one attached hydrogen (secondary N) is 3. The summed E-state index contributed by atoms with van der Waals surface area (Å²) in [4.78, 5) is 36.6. The van der Waals surface area contributed by atoms with Crippen molar-refractivity contribution in [2.24, 2.45) is 5.10 Å². The van der Waals surface area contributed by atoms with Gasteiger partial charge < -0.3 is 15.4 Å². The first kappa shape index (κ1) is 25.2. The minimum absolute atomic E-state index is 0.206. The van der Waals surface area contributed by atoms with Crippen LogP contribution in [0.15, 0.2) is 65.8 Å². The van der Waals surface area contributed by atoms with Gasteiger partial charge in [0.25, 0.3) is 5.91 Å². The molecule has 3 amide bonds. The van der Waals surface area contributed by atoms with Gasteiger partial charge in [0.15, 0.2) is 6.61 Å². The third kappa shape index (κ3) is 7.26. The number of anilines is 2. The van der Waals surface area contributed by atoms with Crippen molar-refractivity contribution in [2.45, 2.75) is 27.7 Å². The van der Waals surface area contributed by atoms with Gasteiger partial charge in [0.05, 0.1) is 6.21 Å². The van der Waals surface area contributed by atoms with Crippen molar-refractivity contribution < 1.29 is 19.1 Å². The van der Waals surface area contributed by atoms with Gasteiger partial charge in [0.1, 0.15) is 5.75 Å². The number of hydrogen-bond acceptors (Lipinski definition) is 5. The summed E-state index contributed by atoms with van der Waals surface area (Å²) in [5, 5.41) is 9.24. The monoisotopic (exact) mass is 472 g/mol. The summed E-state index contributed by atoms with van der Waals surface area (Å²) in [5.74, 6) is -1.64. The van der Waals surface area contributed by atoms with Crippen molar-refractivity contribution >= 4 is 35.3 Å². The molecule has 3 aromatic carbocycles. The van der Waals surface area contributed by atoms with E-state index in [1.165, 1.54) is 6.21 Å². The summed E-state index contributed by atoms with van der Waals surface area (Å²) in [5.41, 5.74) is 7.97. The molecule has 0 atom stereocenters. The molecule has 35 heavy (non-hydrogen) atoms. The molecule has 0 spiro atoms. The molecule has 3 rings (SSSR count). The lowest BCUT2D eigenvalue weighted by Crippen LogP contribution is -2.32. The Hall–Kier alpha value is -4.46. The van der Waals surface area contributed by atoms with Crippen LogP contribution < -0.4 is 20.8 Å². The number of rotatable bonds is 7. The van der Waals surface area contributed by atoms with Gasteiger partial charge in [-0.05, 0) is 80.3 Å². The molecule has 0 aromatic heterocycles. The number of hydrazone groups is 1. The zero-order chi connectivity index (χ0) is 25.4. The van der Waals surface area contributed by atoms with Gasteiger partial charge in [0, 0.05) is 16.9 Å². The number of aryl methyl sites for hydroxylation is 3. The summed E-state index contributed by atoms with van der Waals surface area (Å²) < 4.78 is 5.64. The highest BCUT2D eigenvalue weighted by atomic mass is 16.5. The standard InChI is InChI=1S/C27H28N4O4/c1-17-12-18(2)14-22(13-17)29-25(32)16-35-24-11-6-5-9-21(24)15-28-31-27(34)26(33)30-23-10-7-8-19(3)20(23)4/h5-15H,16H2,1-4H3,(H,29,32)(H,30,33)(H,31,34)/b28-15-. The Kier molecular flexibility index (Phi) is 8.34. The number of benzene rings is 3. The van der Waals surface area contributed by atoms with E-state index in [0.29, 0.717) is 22.7 Å². The Labute approximate surface area is 204 Å². The van der Waals surface area contributed by atoms with Gasteiger partial charge in [-0.3, -0.25) is 14.4 Å². The van der Waals surface area contributed by atoms with Gasteiger partial charge in [-0.25, -0.2) is 5.43 Å². The van der Waals surface area contributed by atoms with Crippen molar-refractivity contribution in [1.29, 1.82) is 0 Å². The first-order chi connectivity index (χ1) is 16.7. The van der Waals surface area contributed by atoms with E-state index in [1.54, 1.807) is 36.4 Å². The van der Waals surface area contributed by atoms with E-state index < -0.39 is 11.8 Å². The Bertz CT molecular complexity index is 1260. The number of ether oxygens (including phenoxy) is 1. The molecule has 180 valence electrons. The molecule has 0 bridgehead atoms. The molecule has 3 N–H and O–H groups in total. The lowest BCUT2D eigenvalue weighted by atomic mass is 10.1. The second-order valence-corrected chi connectivity index (χ2v) is 8.15. The summed E-state index contributed by atoms with van der Waals surface area (Å²) in [6.45, 7) is 7.49. The predicted octanol–water partition coefficient (Wildman–Crippen LogP) is 4.03. The topological polar surface area (TPSA) is 109 Å². The molecule has 0 aliphatic heterocycles. The summed E-state index contributed by atoms with van der Waals surface area (Å²) >= 11 is 0. The van der Waals surface area contributed by atoms with E-state index in [0.717, 1.165) is 22.3 Å². The number of carbonyl (C=O) groups excluding carboxylic acids is 3. The fraction of sp³-hybridized carbons (Fsp3) is 0.185. The largest absolute Gasteiger partial charge is 0.483 e. The Morgan fingerprint density at radius 1 is 0.857 bits per heavy atom. The molecule has 3 aromatic rings. The number of carbonyl (C=O) groups is 3. The molecule has 0 unspecified atom stereocenters. The maximum atomic E-state index is 12.3. The maximum Gasteiger partial charge on any atom is 0.329 e. The van der Waals surface area contributed by atoms with Gasteiger partial charge in [0.2, 0.25) is 0 Å². The van der Waals surface area contributed by atoms with E-state index in [-0.39, 0.29) is 12.5 Å². The second kappa shape index (κ2) is 11.6. The number of amides is 3. The van der Waals surface area contributed by atoms with Crippen molar-refractivity contribution in [3.8, 4) is 5.75 Å². The van der Waals surface area contributed by atoms with Gasteiger partial charge in [-0.1, -0.05) is 30.3 Å². The van der Waals surface area contributed by atoms with Crippen LogP contribution in [0.2, 0.25) is 0 Å². The number of hydrogen-bond donors (Lipinski definition) is 3. The highest BCUT2D eigenvalue weighted by Crippen LogP contribution is 2.18. The van der Waals surface area contributed by atoms with E-state index >= 15 is 0 Å². The zero-order valence-electron chi connectivity index (χ0n) is 20.1. The number of nitrogens with zero attached hydrogens (tertiary/aromatic N) is 1. The predicted molar refractivity (Wildman–Crippen MR) is 137 cm³/mol. The normalized spacial score (nSPS) is 10.6. The Morgan fingerprint density at radius 2 is 1.57 bits per heavy atom. The molecule has 0 heterocycles. The average Bonchev–Trinajstić information content (AvgIpc) is 2.80. The fourth-order valence-corrected chi connectivity index (χ4v) is 3.38. The van der Waals surface area contributed by atoms with Gasteiger partial charge in [-0.15, -0.1) is 0 Å². The molecular weight excluding hydrogens is 444 g/mol. The minimum atomic E-state index is -0.909. The Morgan fingerprint density at radius 3 is 2.31 bits per heavy atom. The maximum absolute atomic E-state index is 12.3.